The number of halogens is 5. The van der Waals surface area contributed by atoms with E-state index < -0.39 is 29.2 Å². The van der Waals surface area contributed by atoms with Crippen molar-refractivity contribution in [2.75, 3.05) is 0 Å². The Bertz CT molecular complexity index is 1430. The van der Waals surface area contributed by atoms with Gasteiger partial charge in [-0.05, 0) is 54.5 Å². The Labute approximate surface area is 217 Å². The Kier molecular flexibility index (Phi) is 6.48. The van der Waals surface area contributed by atoms with Gasteiger partial charge in [0.25, 0.3) is 0 Å². The summed E-state index contributed by atoms with van der Waals surface area (Å²) in [6, 6.07) is 7.09. The molecule has 1 aromatic heterocycles. The fraction of sp³-hybridized carbons (Fsp3) is 0.367. The molecule has 0 atom stereocenters. The molecule has 2 aliphatic rings. The molecule has 1 heterocycles. The number of rotatable bonds is 4. The first-order valence-electron chi connectivity index (χ1n) is 12.6. The van der Waals surface area contributed by atoms with E-state index in [2.05, 4.69) is 0 Å². The minimum Gasteiger partial charge on any atom is -0.294 e. The van der Waals surface area contributed by atoms with Crippen molar-refractivity contribution in [1.82, 2.24) is 4.98 Å². The molecular weight excluding hydrogens is 501 g/mol. The number of alkyl halides is 3. The van der Waals surface area contributed by atoms with E-state index in [0.29, 0.717) is 17.8 Å². The lowest BCUT2D eigenvalue weighted by atomic mass is 9.72. The smallest absolute Gasteiger partial charge is 0.294 e. The Morgan fingerprint density at radius 1 is 0.921 bits per heavy atom. The number of carbonyl (C=O) groups is 2. The van der Waals surface area contributed by atoms with Crippen LogP contribution in [-0.2, 0) is 12.6 Å². The Balaban J connectivity index is 1.81. The number of benzene rings is 2. The topological polar surface area (TPSA) is 47.0 Å². The van der Waals surface area contributed by atoms with Gasteiger partial charge in [0.1, 0.15) is 0 Å². The van der Waals surface area contributed by atoms with Crippen LogP contribution in [0.2, 0.25) is 0 Å². The van der Waals surface area contributed by atoms with Crippen LogP contribution in [0.3, 0.4) is 0 Å². The van der Waals surface area contributed by atoms with Gasteiger partial charge in [-0.25, -0.2) is 8.78 Å². The third-order valence-electron chi connectivity index (χ3n) is 7.52. The first kappa shape index (κ1) is 26.2. The highest BCUT2D eigenvalue weighted by Crippen LogP contribution is 2.45. The number of nitrogens with zero attached hydrogens (tertiary/aromatic N) is 1. The highest BCUT2D eigenvalue weighted by atomic mass is 19.4. The largest absolute Gasteiger partial charge is 0.416 e. The lowest BCUT2D eigenvalue weighted by Gasteiger charge is -2.33. The van der Waals surface area contributed by atoms with Crippen molar-refractivity contribution in [2.24, 2.45) is 5.41 Å². The first-order valence-corrected chi connectivity index (χ1v) is 12.6. The number of Topliss-reactive ketones (excluding diaryl/α,β-unsaturated/α-hetero) is 1. The van der Waals surface area contributed by atoms with Crippen LogP contribution >= 0.6 is 0 Å². The summed E-state index contributed by atoms with van der Waals surface area (Å²) >= 11 is 0. The zero-order chi connectivity index (χ0) is 27.4. The van der Waals surface area contributed by atoms with Crippen molar-refractivity contribution in [3.05, 3.63) is 87.7 Å². The summed E-state index contributed by atoms with van der Waals surface area (Å²) < 4.78 is 67.9. The second-order valence-corrected chi connectivity index (χ2v) is 11.0. The molecule has 38 heavy (non-hydrogen) atoms. The fourth-order valence-electron chi connectivity index (χ4n) is 5.74. The van der Waals surface area contributed by atoms with Crippen LogP contribution in [0.1, 0.15) is 95.1 Å². The van der Waals surface area contributed by atoms with Gasteiger partial charge in [-0.3, -0.25) is 14.6 Å². The van der Waals surface area contributed by atoms with Gasteiger partial charge in [0.15, 0.2) is 23.2 Å². The van der Waals surface area contributed by atoms with E-state index in [4.69, 9.17) is 4.98 Å². The molecular formula is C30H26F5NO2. The van der Waals surface area contributed by atoms with E-state index in [1.54, 1.807) is 0 Å². The van der Waals surface area contributed by atoms with Gasteiger partial charge >= 0.3 is 6.18 Å². The van der Waals surface area contributed by atoms with Crippen LogP contribution in [0.25, 0.3) is 11.1 Å². The van der Waals surface area contributed by atoms with E-state index in [0.717, 1.165) is 62.1 Å². The second kappa shape index (κ2) is 9.40. The molecule has 1 saturated carbocycles. The third kappa shape index (κ3) is 4.76. The number of ketones is 2. The van der Waals surface area contributed by atoms with Crippen molar-refractivity contribution in [3.8, 4) is 11.1 Å². The van der Waals surface area contributed by atoms with Crippen LogP contribution in [0.4, 0.5) is 22.0 Å². The van der Waals surface area contributed by atoms with Gasteiger partial charge in [-0.1, -0.05) is 44.9 Å². The molecule has 0 saturated heterocycles. The Morgan fingerprint density at radius 2 is 1.58 bits per heavy atom. The van der Waals surface area contributed by atoms with Gasteiger partial charge in [0.2, 0.25) is 0 Å². The number of carbonyl (C=O) groups excluding carboxylic acids is 2. The van der Waals surface area contributed by atoms with E-state index >= 15 is 0 Å². The van der Waals surface area contributed by atoms with Gasteiger partial charge < -0.3 is 0 Å². The summed E-state index contributed by atoms with van der Waals surface area (Å²) in [6.07, 6.45) is -0.583. The highest BCUT2D eigenvalue weighted by molar-refractivity contribution is 6.17. The molecule has 1 fully saturated rings. The molecule has 0 spiro atoms. The standard InChI is InChI=1S/C30H26F5NO2/c1-29(2)14-22-25(23(37)15-29)24(18-9-12-20(31)21(32)13-18)26(27(36-22)16-5-3-4-6-16)28(38)17-7-10-19(11-8-17)30(33,34)35/h7-13,16H,3-6,14-15H2,1-2H3. The molecule has 0 amide bonds. The van der Waals surface area contributed by atoms with Crippen molar-refractivity contribution in [3.63, 3.8) is 0 Å². The van der Waals surface area contributed by atoms with Crippen LogP contribution < -0.4 is 0 Å². The molecule has 3 nitrogen and oxygen atoms in total. The average molecular weight is 528 g/mol. The summed E-state index contributed by atoms with van der Waals surface area (Å²) in [6.45, 7) is 3.90. The number of aromatic nitrogens is 1. The fourth-order valence-corrected chi connectivity index (χ4v) is 5.74. The zero-order valence-electron chi connectivity index (χ0n) is 21.0. The van der Waals surface area contributed by atoms with Crippen molar-refractivity contribution < 1.29 is 31.5 Å². The minimum atomic E-state index is -4.57. The molecule has 3 aromatic rings. The van der Waals surface area contributed by atoms with Crippen LogP contribution in [0.15, 0.2) is 42.5 Å². The number of hydrogen-bond acceptors (Lipinski definition) is 3. The second-order valence-electron chi connectivity index (χ2n) is 11.0. The average Bonchev–Trinajstić information content (AvgIpc) is 3.38. The molecule has 5 rings (SSSR count). The zero-order valence-corrected chi connectivity index (χ0v) is 21.0. The summed E-state index contributed by atoms with van der Waals surface area (Å²) in [5, 5.41) is 0. The number of pyridine rings is 1. The van der Waals surface area contributed by atoms with Crippen molar-refractivity contribution in [2.45, 2.75) is 64.5 Å². The SMILES string of the molecule is CC1(C)CC(=O)c2c(nc(C3CCCC3)c(C(=O)c3ccc(C(F)(F)F)cc3)c2-c2ccc(F)c(F)c2)C1. The summed E-state index contributed by atoms with van der Waals surface area (Å²) in [5.41, 5.74) is 0.313. The monoisotopic (exact) mass is 527 g/mol. The molecule has 8 heteroatoms. The lowest BCUT2D eigenvalue weighted by Crippen LogP contribution is -2.30. The molecule has 0 aliphatic heterocycles. The molecule has 0 radical (unpaired) electrons. The maximum absolute atomic E-state index is 14.5. The van der Waals surface area contributed by atoms with E-state index in [1.165, 1.54) is 6.07 Å². The molecule has 0 bridgehead atoms. The third-order valence-corrected chi connectivity index (χ3v) is 7.52. The maximum atomic E-state index is 14.5. The molecule has 198 valence electrons. The molecule has 2 aliphatic carbocycles. The summed E-state index contributed by atoms with van der Waals surface area (Å²) in [5.74, 6) is -3.17. The van der Waals surface area contributed by atoms with Gasteiger partial charge in [0, 0.05) is 29.0 Å². The molecule has 2 aromatic carbocycles. The Hall–Kier alpha value is -3.42. The summed E-state index contributed by atoms with van der Waals surface area (Å²) in [7, 11) is 0. The van der Waals surface area contributed by atoms with Gasteiger partial charge in [-0.15, -0.1) is 0 Å². The van der Waals surface area contributed by atoms with Gasteiger partial charge in [0.05, 0.1) is 22.5 Å². The predicted molar refractivity (Wildman–Crippen MR) is 132 cm³/mol. The van der Waals surface area contributed by atoms with Gasteiger partial charge in [-0.2, -0.15) is 13.2 Å². The first-order chi connectivity index (χ1) is 17.9. The van der Waals surface area contributed by atoms with E-state index in [9.17, 15) is 31.5 Å². The van der Waals surface area contributed by atoms with Crippen LogP contribution in [-0.4, -0.2) is 16.6 Å². The molecule has 0 unspecified atom stereocenters. The Morgan fingerprint density at radius 3 is 2.18 bits per heavy atom. The van der Waals surface area contributed by atoms with E-state index in [1.807, 2.05) is 13.8 Å². The molecule has 0 N–H and O–H groups in total. The van der Waals surface area contributed by atoms with E-state index in [-0.39, 0.29) is 51.4 Å². The van der Waals surface area contributed by atoms with Crippen molar-refractivity contribution in [1.29, 1.82) is 0 Å². The normalized spacial score (nSPS) is 17.5. The maximum Gasteiger partial charge on any atom is 0.416 e. The van der Waals surface area contributed by atoms with Crippen LogP contribution in [0.5, 0.6) is 0 Å². The van der Waals surface area contributed by atoms with Crippen LogP contribution in [0, 0.1) is 17.0 Å². The lowest BCUT2D eigenvalue weighted by molar-refractivity contribution is -0.137. The number of hydrogen-bond donors (Lipinski definition) is 0. The minimum absolute atomic E-state index is 0.00795. The summed E-state index contributed by atoms with van der Waals surface area (Å²) in [4.78, 5) is 32.4. The number of fused-ring (bicyclic) bond motifs is 1. The quantitative estimate of drug-likeness (QED) is 0.255. The van der Waals surface area contributed by atoms with Crippen molar-refractivity contribution >= 4 is 11.6 Å². The predicted octanol–water partition coefficient (Wildman–Crippen LogP) is 8.09. The highest BCUT2D eigenvalue weighted by Gasteiger charge is 2.39.